The molecule has 6 heteroatoms. The summed E-state index contributed by atoms with van der Waals surface area (Å²) in [5, 5.41) is 17.5. The monoisotopic (exact) mass is 277 g/mol. The van der Waals surface area contributed by atoms with E-state index in [9.17, 15) is 8.42 Å². The number of sulfonamides is 1. The van der Waals surface area contributed by atoms with E-state index in [4.69, 9.17) is 10.5 Å². The summed E-state index contributed by atoms with van der Waals surface area (Å²) in [7, 11) is -3.67. The minimum absolute atomic E-state index is 0.118. The van der Waals surface area contributed by atoms with Gasteiger partial charge in [-0.3, -0.25) is 0 Å². The van der Waals surface area contributed by atoms with Gasteiger partial charge < -0.3 is 0 Å². The maximum Gasteiger partial charge on any atom is 0.244 e. The number of hydrogen-bond donors (Lipinski definition) is 0. The van der Waals surface area contributed by atoms with Crippen LogP contribution in [0.2, 0.25) is 0 Å². The van der Waals surface area contributed by atoms with Crippen molar-refractivity contribution in [2.24, 2.45) is 0 Å². The molecule has 0 fully saturated rings. The molecule has 5 nitrogen and oxygen atoms in total. The lowest BCUT2D eigenvalue weighted by atomic mass is 10.1. The molecule has 0 heterocycles. The molecule has 19 heavy (non-hydrogen) atoms. The fourth-order valence-corrected chi connectivity index (χ4v) is 3.20. The summed E-state index contributed by atoms with van der Waals surface area (Å²) in [6.45, 7) is 3.67. The molecule has 0 aliphatic carbocycles. The first-order valence-electron chi connectivity index (χ1n) is 5.85. The number of nitriles is 2. The van der Waals surface area contributed by atoms with Crippen LogP contribution in [-0.2, 0) is 10.0 Å². The minimum atomic E-state index is -3.67. The van der Waals surface area contributed by atoms with E-state index < -0.39 is 10.0 Å². The van der Waals surface area contributed by atoms with E-state index in [1.165, 1.54) is 18.2 Å². The van der Waals surface area contributed by atoms with E-state index in [1.54, 1.807) is 6.92 Å². The first-order valence-corrected chi connectivity index (χ1v) is 7.29. The largest absolute Gasteiger partial charge is 0.244 e. The summed E-state index contributed by atoms with van der Waals surface area (Å²) in [6.07, 6.45) is 0.635. The van der Waals surface area contributed by atoms with Crippen LogP contribution < -0.4 is 0 Å². The van der Waals surface area contributed by atoms with Gasteiger partial charge in [0.2, 0.25) is 10.0 Å². The van der Waals surface area contributed by atoms with Gasteiger partial charge in [-0.25, -0.2) is 8.42 Å². The molecule has 1 aromatic carbocycles. The molecule has 0 aromatic heterocycles. The Balaban J connectivity index is 3.23. The van der Waals surface area contributed by atoms with Gasteiger partial charge in [-0.2, -0.15) is 14.8 Å². The molecule has 0 radical (unpaired) electrons. The van der Waals surface area contributed by atoms with Crippen LogP contribution in [0.5, 0.6) is 0 Å². The Labute approximate surface area is 113 Å². The van der Waals surface area contributed by atoms with E-state index in [2.05, 4.69) is 0 Å². The van der Waals surface area contributed by atoms with Crippen molar-refractivity contribution in [3.63, 3.8) is 0 Å². The van der Waals surface area contributed by atoms with Crippen LogP contribution in [0.4, 0.5) is 0 Å². The molecule has 0 amide bonds. The maximum absolute atomic E-state index is 12.4. The summed E-state index contributed by atoms with van der Waals surface area (Å²) >= 11 is 0. The summed E-state index contributed by atoms with van der Waals surface area (Å²) in [5.74, 6) is 0. The molecular weight excluding hydrogens is 262 g/mol. The molecule has 0 saturated carbocycles. The van der Waals surface area contributed by atoms with Crippen molar-refractivity contribution in [1.29, 1.82) is 10.5 Å². The molecule has 0 atom stereocenters. The molecule has 0 spiro atoms. The van der Waals surface area contributed by atoms with Crippen LogP contribution in [0.3, 0.4) is 0 Å². The Morgan fingerprint density at radius 3 is 2.47 bits per heavy atom. The van der Waals surface area contributed by atoms with Gasteiger partial charge >= 0.3 is 0 Å². The van der Waals surface area contributed by atoms with E-state index in [-0.39, 0.29) is 11.4 Å². The van der Waals surface area contributed by atoms with Gasteiger partial charge in [0.05, 0.1) is 22.6 Å². The highest BCUT2D eigenvalue weighted by Crippen LogP contribution is 2.19. The molecule has 0 aliphatic rings. The highest BCUT2D eigenvalue weighted by molar-refractivity contribution is 7.89. The average molecular weight is 277 g/mol. The van der Waals surface area contributed by atoms with Crippen LogP contribution in [0.1, 0.15) is 24.5 Å². The standard InChI is InChI=1S/C13H15N3O2S/c1-3-7-16(8-6-14)19(17,18)13-5-4-12(10-15)11(2)9-13/h4-5,9H,3,7-8H2,1-2H3. The van der Waals surface area contributed by atoms with E-state index >= 15 is 0 Å². The lowest BCUT2D eigenvalue weighted by molar-refractivity contribution is 0.444. The van der Waals surface area contributed by atoms with Crippen molar-refractivity contribution in [2.45, 2.75) is 25.2 Å². The molecule has 0 bridgehead atoms. The Hall–Kier alpha value is -1.89. The number of hydrogen-bond acceptors (Lipinski definition) is 4. The van der Waals surface area contributed by atoms with E-state index in [1.807, 2.05) is 19.1 Å². The molecule has 100 valence electrons. The average Bonchev–Trinajstić information content (AvgIpc) is 2.38. The van der Waals surface area contributed by atoms with Crippen LogP contribution >= 0.6 is 0 Å². The zero-order chi connectivity index (χ0) is 14.5. The van der Waals surface area contributed by atoms with Gasteiger partial charge in [-0.05, 0) is 37.1 Å². The summed E-state index contributed by atoms with van der Waals surface area (Å²) < 4.78 is 25.9. The second-order valence-electron chi connectivity index (χ2n) is 4.09. The van der Waals surface area contributed by atoms with E-state index in [0.29, 0.717) is 24.1 Å². The normalized spacial score (nSPS) is 11.0. The molecule has 0 unspecified atom stereocenters. The molecule has 0 N–H and O–H groups in total. The number of rotatable bonds is 5. The Morgan fingerprint density at radius 2 is 2.00 bits per heavy atom. The number of benzene rings is 1. The van der Waals surface area contributed by atoms with Gasteiger partial charge in [-0.15, -0.1) is 0 Å². The fourth-order valence-electron chi connectivity index (χ4n) is 1.68. The van der Waals surface area contributed by atoms with Gasteiger partial charge in [-0.1, -0.05) is 6.92 Å². The predicted octanol–water partition coefficient (Wildman–Crippen LogP) is 1.79. The second kappa shape index (κ2) is 6.33. The fraction of sp³-hybridized carbons (Fsp3) is 0.385. The molecule has 0 saturated heterocycles. The lowest BCUT2D eigenvalue weighted by Crippen LogP contribution is -2.32. The number of nitrogens with zero attached hydrogens (tertiary/aromatic N) is 3. The SMILES string of the molecule is CCCN(CC#N)S(=O)(=O)c1ccc(C#N)c(C)c1. The third-order valence-corrected chi connectivity index (χ3v) is 4.52. The van der Waals surface area contributed by atoms with Crippen molar-refractivity contribution in [2.75, 3.05) is 13.1 Å². The van der Waals surface area contributed by atoms with Crippen molar-refractivity contribution < 1.29 is 8.42 Å². The van der Waals surface area contributed by atoms with Gasteiger partial charge in [0, 0.05) is 6.54 Å². The smallest absolute Gasteiger partial charge is 0.207 e. The second-order valence-corrected chi connectivity index (χ2v) is 6.02. The van der Waals surface area contributed by atoms with E-state index in [0.717, 1.165) is 4.31 Å². The van der Waals surface area contributed by atoms with Crippen molar-refractivity contribution in [3.05, 3.63) is 29.3 Å². The predicted molar refractivity (Wildman–Crippen MR) is 70.6 cm³/mol. The van der Waals surface area contributed by atoms with Crippen LogP contribution in [0.25, 0.3) is 0 Å². The molecular formula is C13H15N3O2S. The van der Waals surface area contributed by atoms with Crippen LogP contribution in [0.15, 0.2) is 23.1 Å². The minimum Gasteiger partial charge on any atom is -0.207 e. The highest BCUT2D eigenvalue weighted by atomic mass is 32.2. The van der Waals surface area contributed by atoms with Gasteiger partial charge in [0.25, 0.3) is 0 Å². The summed E-state index contributed by atoms with van der Waals surface area (Å²) in [4.78, 5) is 0.118. The topological polar surface area (TPSA) is 85.0 Å². The van der Waals surface area contributed by atoms with Gasteiger partial charge in [0.1, 0.15) is 6.54 Å². The first-order chi connectivity index (χ1) is 8.97. The summed E-state index contributed by atoms with van der Waals surface area (Å²) in [6, 6.07) is 8.21. The van der Waals surface area contributed by atoms with Gasteiger partial charge in [0.15, 0.2) is 0 Å². The Bertz CT molecular complexity index is 639. The van der Waals surface area contributed by atoms with Crippen LogP contribution in [0, 0.1) is 29.6 Å². The molecule has 1 rings (SSSR count). The Kier molecular flexibility index (Phi) is 5.05. The zero-order valence-corrected chi connectivity index (χ0v) is 11.7. The third-order valence-electron chi connectivity index (χ3n) is 2.68. The molecule has 0 aliphatic heterocycles. The summed E-state index contributed by atoms with van der Waals surface area (Å²) in [5.41, 5.74) is 1.05. The maximum atomic E-state index is 12.4. The van der Waals surface area contributed by atoms with Crippen molar-refractivity contribution >= 4 is 10.0 Å². The third kappa shape index (κ3) is 3.31. The van der Waals surface area contributed by atoms with Crippen molar-refractivity contribution in [1.82, 2.24) is 4.31 Å². The number of aryl methyl sites for hydroxylation is 1. The Morgan fingerprint density at radius 1 is 1.32 bits per heavy atom. The zero-order valence-electron chi connectivity index (χ0n) is 10.9. The van der Waals surface area contributed by atoms with Crippen LogP contribution in [-0.4, -0.2) is 25.8 Å². The van der Waals surface area contributed by atoms with Crippen molar-refractivity contribution in [3.8, 4) is 12.1 Å². The lowest BCUT2D eigenvalue weighted by Gasteiger charge is -2.18. The molecule has 1 aromatic rings. The quantitative estimate of drug-likeness (QED) is 0.768. The first kappa shape index (κ1) is 15.2. The highest BCUT2D eigenvalue weighted by Gasteiger charge is 2.23.